The summed E-state index contributed by atoms with van der Waals surface area (Å²) in [5.41, 5.74) is 2.66. The van der Waals surface area contributed by atoms with E-state index in [4.69, 9.17) is 11.2 Å². The monoisotopic (exact) mass is 394 g/mol. The molecule has 25 heavy (non-hydrogen) atoms. The van der Waals surface area contributed by atoms with Crippen molar-refractivity contribution in [3.8, 4) is 18.1 Å². The van der Waals surface area contributed by atoms with Crippen molar-refractivity contribution >= 4 is 39.3 Å². The first-order valence-electron chi connectivity index (χ1n) is 7.63. The molecule has 2 aromatic carbocycles. The molecule has 2 aromatic rings. The first-order valence-corrected chi connectivity index (χ1v) is 8.42. The quantitative estimate of drug-likeness (QED) is 0.573. The number of hydrogen-bond donors (Lipinski definition) is 0. The van der Waals surface area contributed by atoms with Crippen molar-refractivity contribution in [3.05, 3.63) is 64.1 Å². The number of anilines is 1. The van der Waals surface area contributed by atoms with Crippen LogP contribution in [0.1, 0.15) is 12.5 Å². The molecule has 0 spiro atoms. The van der Waals surface area contributed by atoms with Crippen LogP contribution in [0.3, 0.4) is 0 Å². The molecular weight excluding hydrogens is 380 g/mol. The van der Waals surface area contributed by atoms with Crippen LogP contribution in [0.5, 0.6) is 5.75 Å². The Labute approximate surface area is 154 Å². The highest BCUT2D eigenvalue weighted by molar-refractivity contribution is 9.10. The Morgan fingerprint density at radius 2 is 2.04 bits per heavy atom. The second-order valence-corrected chi connectivity index (χ2v) is 6.29. The summed E-state index contributed by atoms with van der Waals surface area (Å²) in [6.07, 6.45) is 7.05. The molecule has 1 amide bonds. The van der Waals surface area contributed by atoms with Gasteiger partial charge in [0.15, 0.2) is 0 Å². The minimum Gasteiger partial charge on any atom is -0.480 e. The lowest BCUT2D eigenvalue weighted by molar-refractivity contribution is -0.114. The molecule has 0 aromatic heterocycles. The summed E-state index contributed by atoms with van der Waals surface area (Å²) >= 11 is 3.44. The maximum atomic E-state index is 12.8. The highest BCUT2D eigenvalue weighted by atomic mass is 79.9. The SMILES string of the molecule is C#CCOc1ccc(Br)cc1/C=C1/C(=O)N(c2ccccc2)N=C1C. The fourth-order valence-corrected chi connectivity index (χ4v) is 2.85. The van der Waals surface area contributed by atoms with E-state index in [1.54, 1.807) is 6.08 Å². The highest BCUT2D eigenvalue weighted by Crippen LogP contribution is 2.29. The van der Waals surface area contributed by atoms with E-state index in [0.29, 0.717) is 17.0 Å². The number of rotatable bonds is 4. The molecule has 0 N–H and O–H groups in total. The number of hydrazone groups is 1. The van der Waals surface area contributed by atoms with Crippen LogP contribution < -0.4 is 9.75 Å². The van der Waals surface area contributed by atoms with Crippen LogP contribution in [0.2, 0.25) is 0 Å². The molecule has 5 heteroatoms. The summed E-state index contributed by atoms with van der Waals surface area (Å²) in [7, 11) is 0. The van der Waals surface area contributed by atoms with E-state index in [2.05, 4.69) is 27.0 Å². The molecule has 124 valence electrons. The van der Waals surface area contributed by atoms with Gasteiger partial charge in [0.05, 0.1) is 17.0 Å². The summed E-state index contributed by atoms with van der Waals surface area (Å²) in [5, 5.41) is 5.78. The van der Waals surface area contributed by atoms with E-state index >= 15 is 0 Å². The first kappa shape index (κ1) is 17.0. The number of amides is 1. The summed E-state index contributed by atoms with van der Waals surface area (Å²) in [6, 6.07) is 14.9. The van der Waals surface area contributed by atoms with Gasteiger partial charge < -0.3 is 4.74 Å². The zero-order valence-corrected chi connectivity index (χ0v) is 15.2. The Hall–Kier alpha value is -2.84. The van der Waals surface area contributed by atoms with E-state index in [1.165, 1.54) is 5.01 Å². The Kier molecular flexibility index (Phi) is 5.01. The third kappa shape index (κ3) is 3.65. The fraction of sp³-hybridized carbons (Fsp3) is 0.100. The largest absolute Gasteiger partial charge is 0.480 e. The van der Waals surface area contributed by atoms with Crippen LogP contribution in [-0.4, -0.2) is 18.2 Å². The molecule has 3 rings (SSSR count). The van der Waals surface area contributed by atoms with Gasteiger partial charge in [-0.2, -0.15) is 10.1 Å². The van der Waals surface area contributed by atoms with E-state index in [9.17, 15) is 4.79 Å². The number of carbonyl (C=O) groups is 1. The van der Waals surface area contributed by atoms with Gasteiger partial charge in [-0.05, 0) is 43.3 Å². The van der Waals surface area contributed by atoms with Gasteiger partial charge in [0, 0.05) is 10.0 Å². The van der Waals surface area contributed by atoms with Crippen LogP contribution in [0.4, 0.5) is 5.69 Å². The lowest BCUT2D eigenvalue weighted by Crippen LogP contribution is -2.21. The van der Waals surface area contributed by atoms with Gasteiger partial charge in [-0.25, -0.2) is 0 Å². The molecule has 1 heterocycles. The number of nitrogens with zero attached hydrogens (tertiary/aromatic N) is 2. The summed E-state index contributed by atoms with van der Waals surface area (Å²) in [6.45, 7) is 1.97. The number of benzene rings is 2. The summed E-state index contributed by atoms with van der Waals surface area (Å²) in [4.78, 5) is 12.8. The smallest absolute Gasteiger partial charge is 0.280 e. The zero-order chi connectivity index (χ0) is 17.8. The van der Waals surface area contributed by atoms with Crippen LogP contribution >= 0.6 is 15.9 Å². The van der Waals surface area contributed by atoms with Crippen LogP contribution in [0, 0.1) is 12.3 Å². The molecule has 1 aliphatic rings. The van der Waals surface area contributed by atoms with Crippen molar-refractivity contribution in [2.75, 3.05) is 11.6 Å². The van der Waals surface area contributed by atoms with Gasteiger partial charge in [-0.3, -0.25) is 4.79 Å². The molecule has 0 bridgehead atoms. The molecule has 0 atom stereocenters. The molecule has 0 aliphatic carbocycles. The van der Waals surface area contributed by atoms with Crippen molar-refractivity contribution in [3.63, 3.8) is 0 Å². The lowest BCUT2D eigenvalue weighted by atomic mass is 10.1. The van der Waals surface area contributed by atoms with E-state index in [-0.39, 0.29) is 12.5 Å². The first-order chi connectivity index (χ1) is 12.1. The second-order valence-electron chi connectivity index (χ2n) is 5.37. The molecular formula is C20H15BrN2O2. The predicted molar refractivity (Wildman–Crippen MR) is 103 cm³/mol. The molecule has 0 saturated heterocycles. The number of para-hydroxylation sites is 1. The average Bonchev–Trinajstić information content (AvgIpc) is 2.90. The van der Waals surface area contributed by atoms with Crippen LogP contribution in [-0.2, 0) is 4.79 Å². The molecule has 1 aliphatic heterocycles. The number of hydrogen-bond acceptors (Lipinski definition) is 3. The minimum atomic E-state index is -0.174. The Bertz CT molecular complexity index is 911. The molecule has 0 unspecified atom stereocenters. The summed E-state index contributed by atoms with van der Waals surface area (Å²) < 4.78 is 6.45. The number of carbonyl (C=O) groups excluding carboxylic acids is 1. The summed E-state index contributed by atoms with van der Waals surface area (Å²) in [5.74, 6) is 2.89. The Balaban J connectivity index is 1.97. The van der Waals surface area contributed by atoms with Crippen molar-refractivity contribution in [1.82, 2.24) is 0 Å². The van der Waals surface area contributed by atoms with Gasteiger partial charge in [0.25, 0.3) is 5.91 Å². The maximum Gasteiger partial charge on any atom is 0.280 e. The lowest BCUT2D eigenvalue weighted by Gasteiger charge is -2.11. The average molecular weight is 395 g/mol. The van der Waals surface area contributed by atoms with Crippen LogP contribution in [0.25, 0.3) is 6.08 Å². The van der Waals surface area contributed by atoms with Gasteiger partial charge in [-0.15, -0.1) is 6.42 Å². The van der Waals surface area contributed by atoms with E-state index < -0.39 is 0 Å². The van der Waals surface area contributed by atoms with Gasteiger partial charge >= 0.3 is 0 Å². The number of ether oxygens (including phenoxy) is 1. The molecule has 0 radical (unpaired) electrons. The molecule has 0 fully saturated rings. The minimum absolute atomic E-state index is 0.162. The number of terminal acetylenes is 1. The van der Waals surface area contributed by atoms with E-state index in [0.717, 1.165) is 15.7 Å². The molecule has 0 saturated carbocycles. The molecule has 4 nitrogen and oxygen atoms in total. The zero-order valence-electron chi connectivity index (χ0n) is 13.6. The third-order valence-corrected chi connectivity index (χ3v) is 4.14. The fourth-order valence-electron chi connectivity index (χ4n) is 2.47. The predicted octanol–water partition coefficient (Wildman–Crippen LogP) is 4.27. The topological polar surface area (TPSA) is 41.9 Å². The van der Waals surface area contributed by atoms with Gasteiger partial charge in [0.2, 0.25) is 0 Å². The second kappa shape index (κ2) is 7.37. The Morgan fingerprint density at radius 1 is 1.28 bits per heavy atom. The number of halogens is 1. The normalized spacial score (nSPS) is 15.2. The van der Waals surface area contributed by atoms with Crippen LogP contribution in [0.15, 0.2) is 63.7 Å². The van der Waals surface area contributed by atoms with Gasteiger partial charge in [0.1, 0.15) is 12.4 Å². The third-order valence-electron chi connectivity index (χ3n) is 3.65. The van der Waals surface area contributed by atoms with Gasteiger partial charge in [-0.1, -0.05) is 40.0 Å². The van der Waals surface area contributed by atoms with Crippen molar-refractivity contribution in [2.24, 2.45) is 5.10 Å². The van der Waals surface area contributed by atoms with E-state index in [1.807, 2.05) is 55.5 Å². The van der Waals surface area contributed by atoms with Crippen molar-refractivity contribution in [2.45, 2.75) is 6.92 Å². The maximum absolute atomic E-state index is 12.8. The Morgan fingerprint density at radius 3 is 2.76 bits per heavy atom. The standard InChI is InChI=1S/C20H15BrN2O2/c1-3-11-25-19-10-9-16(21)12-15(19)13-18-14(2)22-23(20(18)24)17-7-5-4-6-8-17/h1,4-10,12-13H,11H2,2H3/b18-13+. The van der Waals surface area contributed by atoms with Crippen molar-refractivity contribution < 1.29 is 9.53 Å². The van der Waals surface area contributed by atoms with Crippen molar-refractivity contribution in [1.29, 1.82) is 0 Å². The highest BCUT2D eigenvalue weighted by Gasteiger charge is 2.28.